The first-order valence-electron chi connectivity index (χ1n) is 9.19. The van der Waals surface area contributed by atoms with Crippen molar-refractivity contribution in [1.29, 1.82) is 0 Å². The molecule has 4 aliphatic rings. The zero-order valence-corrected chi connectivity index (χ0v) is 15.2. The van der Waals surface area contributed by atoms with Crippen molar-refractivity contribution in [1.82, 2.24) is 0 Å². The van der Waals surface area contributed by atoms with Gasteiger partial charge in [0.25, 0.3) is 0 Å². The molecule has 0 amide bonds. The van der Waals surface area contributed by atoms with Gasteiger partial charge < -0.3 is 10.2 Å². The smallest absolute Gasteiger partial charge is 0.108 e. The highest BCUT2D eigenvalue weighted by Gasteiger charge is 2.62. The Hall–Kier alpha value is -0.310. The summed E-state index contributed by atoms with van der Waals surface area (Å²) in [6, 6.07) is 0. The normalized spacial score (nSPS) is 55.4. The molecule has 0 unspecified atom stereocenters. The lowest BCUT2D eigenvalue weighted by atomic mass is 9.47. The van der Waals surface area contributed by atoms with Crippen LogP contribution < -0.4 is 0 Å². The Bertz CT molecular complexity index is 592. The van der Waals surface area contributed by atoms with E-state index in [2.05, 4.69) is 26.8 Å². The number of aliphatic hydroxyl groups excluding tert-OH is 1. The van der Waals surface area contributed by atoms with Crippen LogP contribution in [-0.4, -0.2) is 21.9 Å². The second kappa shape index (κ2) is 4.86. The highest BCUT2D eigenvalue weighted by Crippen LogP contribution is 2.67. The van der Waals surface area contributed by atoms with Crippen LogP contribution in [0.1, 0.15) is 59.3 Å². The molecule has 2 nitrogen and oxygen atoms in total. The molecule has 0 bridgehead atoms. The van der Waals surface area contributed by atoms with Gasteiger partial charge in [0, 0.05) is 5.41 Å². The third-order valence-corrected chi connectivity index (χ3v) is 8.77. The molecule has 3 saturated carbocycles. The quantitative estimate of drug-likeness (QED) is 0.643. The van der Waals surface area contributed by atoms with Crippen LogP contribution in [0.3, 0.4) is 0 Å². The molecule has 7 atom stereocenters. The number of fused-ring (bicyclic) bond motifs is 5. The van der Waals surface area contributed by atoms with Crippen LogP contribution >= 0.6 is 11.6 Å². The minimum absolute atomic E-state index is 0.00495. The number of halogens is 1. The summed E-state index contributed by atoms with van der Waals surface area (Å²) < 4.78 is 0. The van der Waals surface area contributed by atoms with E-state index in [1.54, 1.807) is 0 Å². The van der Waals surface area contributed by atoms with E-state index in [0.717, 1.165) is 38.5 Å². The lowest BCUT2D eigenvalue weighted by molar-refractivity contribution is -0.111. The number of allylic oxidation sites excluding steroid dienone is 2. The van der Waals surface area contributed by atoms with Crippen LogP contribution in [0, 0.1) is 28.6 Å². The van der Waals surface area contributed by atoms with Crippen molar-refractivity contribution in [3.8, 4) is 0 Å². The Morgan fingerprint density at radius 3 is 2.52 bits per heavy atom. The average Bonchev–Trinajstić information content (AvgIpc) is 2.74. The zero-order chi connectivity index (χ0) is 16.6. The standard InChI is InChI=1S/C20H29ClO2/c1-18-9-8-16(22)17(21)15(18)5-4-12-13(18)6-10-19(2)14(12)7-11-20(19,3)23/h8-9,12-14,16,22-23H,4-7,10-11H2,1-3H3/t12-,13+,14+,16-,18-,19+,20+/m1/s1. The van der Waals surface area contributed by atoms with Gasteiger partial charge in [-0.25, -0.2) is 0 Å². The van der Waals surface area contributed by atoms with E-state index in [0.29, 0.717) is 22.8 Å². The third-order valence-electron chi connectivity index (χ3n) is 8.32. The van der Waals surface area contributed by atoms with Crippen molar-refractivity contribution in [2.45, 2.75) is 71.0 Å². The van der Waals surface area contributed by atoms with Gasteiger partial charge in [0.05, 0.1) is 10.6 Å². The first-order chi connectivity index (χ1) is 10.7. The first kappa shape index (κ1) is 16.2. The Morgan fingerprint density at radius 1 is 1.09 bits per heavy atom. The highest BCUT2D eigenvalue weighted by atomic mass is 35.5. The van der Waals surface area contributed by atoms with Crippen LogP contribution in [0.5, 0.6) is 0 Å². The van der Waals surface area contributed by atoms with Crippen LogP contribution in [0.25, 0.3) is 0 Å². The van der Waals surface area contributed by atoms with Crippen LogP contribution in [0.2, 0.25) is 0 Å². The summed E-state index contributed by atoms with van der Waals surface area (Å²) in [6.07, 6.45) is 9.98. The van der Waals surface area contributed by atoms with Crippen molar-refractivity contribution >= 4 is 11.6 Å². The molecule has 23 heavy (non-hydrogen) atoms. The molecule has 0 heterocycles. The molecule has 0 radical (unpaired) electrons. The Morgan fingerprint density at radius 2 is 1.78 bits per heavy atom. The molecule has 0 aromatic rings. The van der Waals surface area contributed by atoms with Crippen LogP contribution in [0.4, 0.5) is 0 Å². The highest BCUT2D eigenvalue weighted by molar-refractivity contribution is 6.31. The summed E-state index contributed by atoms with van der Waals surface area (Å²) in [5, 5.41) is 21.7. The summed E-state index contributed by atoms with van der Waals surface area (Å²) in [7, 11) is 0. The predicted molar refractivity (Wildman–Crippen MR) is 93.0 cm³/mol. The van der Waals surface area contributed by atoms with Crippen molar-refractivity contribution in [3.05, 3.63) is 22.8 Å². The second-order valence-corrected chi connectivity index (χ2v) is 9.50. The molecule has 4 rings (SSSR count). The van der Waals surface area contributed by atoms with Crippen LogP contribution in [0.15, 0.2) is 22.8 Å². The monoisotopic (exact) mass is 336 g/mol. The summed E-state index contributed by atoms with van der Waals surface area (Å²) in [6.45, 7) is 6.69. The minimum Gasteiger partial charge on any atom is -0.390 e. The summed E-state index contributed by atoms with van der Waals surface area (Å²) in [5.74, 6) is 1.88. The van der Waals surface area contributed by atoms with E-state index in [9.17, 15) is 10.2 Å². The summed E-state index contributed by atoms with van der Waals surface area (Å²) in [5.41, 5.74) is 0.807. The van der Waals surface area contributed by atoms with Crippen molar-refractivity contribution in [2.24, 2.45) is 28.6 Å². The van der Waals surface area contributed by atoms with Gasteiger partial charge in [-0.1, -0.05) is 37.6 Å². The van der Waals surface area contributed by atoms with Crippen molar-refractivity contribution < 1.29 is 10.2 Å². The summed E-state index contributed by atoms with van der Waals surface area (Å²) in [4.78, 5) is 0. The van der Waals surface area contributed by atoms with Gasteiger partial charge in [-0.05, 0) is 74.2 Å². The second-order valence-electron chi connectivity index (χ2n) is 9.10. The lowest BCUT2D eigenvalue weighted by Gasteiger charge is -2.58. The third kappa shape index (κ3) is 1.95. The van der Waals surface area contributed by atoms with Gasteiger partial charge in [-0.2, -0.15) is 0 Å². The van der Waals surface area contributed by atoms with Gasteiger partial charge >= 0.3 is 0 Å². The Kier molecular flexibility index (Phi) is 3.42. The lowest BCUT2D eigenvalue weighted by Crippen LogP contribution is -2.53. The number of aliphatic hydroxyl groups is 2. The molecular weight excluding hydrogens is 308 g/mol. The molecule has 0 saturated heterocycles. The fourth-order valence-corrected chi connectivity index (χ4v) is 7.01. The fourth-order valence-electron chi connectivity index (χ4n) is 6.64. The van der Waals surface area contributed by atoms with Crippen molar-refractivity contribution in [3.63, 3.8) is 0 Å². The number of rotatable bonds is 0. The molecule has 128 valence electrons. The minimum atomic E-state index is -0.614. The Balaban J connectivity index is 1.72. The molecule has 0 aromatic heterocycles. The van der Waals surface area contributed by atoms with Crippen molar-refractivity contribution in [2.75, 3.05) is 0 Å². The average molecular weight is 337 g/mol. The zero-order valence-electron chi connectivity index (χ0n) is 14.5. The maximum Gasteiger partial charge on any atom is 0.108 e. The number of hydrogen-bond acceptors (Lipinski definition) is 2. The maximum absolute atomic E-state index is 10.9. The largest absolute Gasteiger partial charge is 0.390 e. The molecule has 2 N–H and O–H groups in total. The van der Waals surface area contributed by atoms with E-state index < -0.39 is 11.7 Å². The molecule has 3 fully saturated rings. The summed E-state index contributed by atoms with van der Waals surface area (Å²) >= 11 is 6.48. The maximum atomic E-state index is 10.9. The molecule has 3 heteroatoms. The van der Waals surface area contributed by atoms with Gasteiger partial charge in [-0.3, -0.25) is 0 Å². The number of hydrogen-bond donors (Lipinski definition) is 2. The van der Waals surface area contributed by atoms with Gasteiger partial charge in [0.15, 0.2) is 0 Å². The van der Waals surface area contributed by atoms with E-state index in [-0.39, 0.29) is 10.8 Å². The first-order valence-corrected chi connectivity index (χ1v) is 9.57. The van der Waals surface area contributed by atoms with Gasteiger partial charge in [0.1, 0.15) is 6.10 Å². The molecule has 0 aliphatic heterocycles. The van der Waals surface area contributed by atoms with Gasteiger partial charge in [-0.15, -0.1) is 0 Å². The topological polar surface area (TPSA) is 40.5 Å². The molecular formula is C20H29ClO2. The van der Waals surface area contributed by atoms with E-state index >= 15 is 0 Å². The molecule has 4 aliphatic carbocycles. The Labute approximate surface area is 144 Å². The van der Waals surface area contributed by atoms with Gasteiger partial charge in [0.2, 0.25) is 0 Å². The molecule has 0 aromatic carbocycles. The van der Waals surface area contributed by atoms with E-state index in [1.807, 2.05) is 6.08 Å². The van der Waals surface area contributed by atoms with E-state index in [1.165, 1.54) is 5.57 Å². The van der Waals surface area contributed by atoms with E-state index in [4.69, 9.17) is 11.6 Å². The van der Waals surface area contributed by atoms with Crippen LogP contribution in [-0.2, 0) is 0 Å². The molecule has 0 spiro atoms. The fraction of sp³-hybridized carbons (Fsp3) is 0.800. The SMILES string of the molecule is C[C@]12C=C[C@@H](O)C(Cl)=C1CC[C@@H]1[C@@H]2CC[C@@]2(C)[C@H]1CC[C@]2(C)O. The predicted octanol–water partition coefficient (Wildman–Crippen LogP) is 4.40.